The molecule has 50 valence electrons. The summed E-state index contributed by atoms with van der Waals surface area (Å²) in [6.45, 7) is 3.94. The fraction of sp³-hybridized carbons (Fsp3) is 0.833. The first-order valence-corrected chi connectivity index (χ1v) is 3.40. The lowest BCUT2D eigenvalue weighted by Crippen LogP contribution is -2.20. The third kappa shape index (κ3) is 1.73. The van der Waals surface area contributed by atoms with Crippen molar-refractivity contribution in [2.24, 2.45) is 4.99 Å². The molecule has 0 bridgehead atoms. The quantitative estimate of drug-likeness (QED) is 0.445. The van der Waals surface area contributed by atoms with Gasteiger partial charge in [0.2, 0.25) is 0 Å². The van der Waals surface area contributed by atoms with Crippen LogP contribution in [0.15, 0.2) is 4.99 Å². The van der Waals surface area contributed by atoms with Crippen LogP contribution in [-0.2, 0) is 4.74 Å². The van der Waals surface area contributed by atoms with Gasteiger partial charge in [-0.25, -0.2) is 0 Å². The molecule has 0 saturated carbocycles. The summed E-state index contributed by atoms with van der Waals surface area (Å²) < 4.78 is 5.01. The number of rotatable bonds is 0. The van der Waals surface area contributed by atoms with Gasteiger partial charge in [-0.05, 0) is 0 Å². The third-order valence-corrected chi connectivity index (χ3v) is 1.67. The summed E-state index contributed by atoms with van der Waals surface area (Å²) >= 11 is 0. The Bertz CT molecular complexity index is 124. The van der Waals surface area contributed by atoms with Crippen LogP contribution in [0.3, 0.4) is 0 Å². The highest BCUT2D eigenvalue weighted by atomic mass is 16.5. The van der Waals surface area contributed by atoms with E-state index in [4.69, 9.17) is 4.74 Å². The van der Waals surface area contributed by atoms with E-state index in [1.165, 1.54) is 6.32 Å². The van der Waals surface area contributed by atoms with Crippen LogP contribution >= 0.6 is 0 Å². The minimum Gasteiger partial charge on any atom is -0.485 e. The van der Waals surface area contributed by atoms with Crippen molar-refractivity contribution in [1.82, 2.24) is 0 Å². The predicted molar refractivity (Wildman–Crippen MR) is 40.5 cm³/mol. The van der Waals surface area contributed by atoms with Gasteiger partial charge in [-0.3, -0.25) is 4.99 Å². The van der Waals surface area contributed by atoms with Gasteiger partial charge in [0.1, 0.15) is 6.71 Å². The van der Waals surface area contributed by atoms with Crippen molar-refractivity contribution in [2.75, 3.05) is 13.7 Å². The highest BCUT2D eigenvalue weighted by molar-refractivity contribution is 6.61. The number of hydrogen-bond donors (Lipinski definition) is 0. The van der Waals surface area contributed by atoms with Crippen LogP contribution in [0.1, 0.15) is 0 Å². The topological polar surface area (TPSA) is 21.6 Å². The summed E-state index contributed by atoms with van der Waals surface area (Å²) in [5.41, 5.74) is 0. The molecule has 0 N–H and O–H groups in total. The number of ether oxygens (including phenoxy) is 1. The molecular weight excluding hydrogens is 113 g/mol. The van der Waals surface area contributed by atoms with E-state index in [1.807, 2.05) is 0 Å². The van der Waals surface area contributed by atoms with Gasteiger partial charge in [-0.2, -0.15) is 0 Å². The predicted octanol–water partition coefficient (Wildman–Crippen LogP) is 1.17. The van der Waals surface area contributed by atoms with Crippen LogP contribution in [0.5, 0.6) is 0 Å². The van der Waals surface area contributed by atoms with Gasteiger partial charge in [0.15, 0.2) is 5.90 Å². The SMILES string of the molecule is COC1=NCCB(C)C1. The Morgan fingerprint density at radius 1 is 1.67 bits per heavy atom. The summed E-state index contributed by atoms with van der Waals surface area (Å²) in [5.74, 6) is 0.925. The van der Waals surface area contributed by atoms with Crippen molar-refractivity contribution < 1.29 is 4.74 Å². The van der Waals surface area contributed by atoms with Crippen molar-refractivity contribution in [1.29, 1.82) is 0 Å². The van der Waals surface area contributed by atoms with E-state index in [0.717, 1.165) is 25.5 Å². The van der Waals surface area contributed by atoms with Gasteiger partial charge in [0.05, 0.1) is 7.11 Å². The van der Waals surface area contributed by atoms with E-state index in [-0.39, 0.29) is 0 Å². The molecule has 1 aliphatic rings. The molecule has 9 heavy (non-hydrogen) atoms. The first kappa shape index (κ1) is 6.65. The minimum absolute atomic E-state index is 0.762. The Balaban J connectivity index is 2.43. The molecule has 3 heteroatoms. The molecule has 1 heterocycles. The van der Waals surface area contributed by atoms with Crippen LogP contribution < -0.4 is 0 Å². The second kappa shape index (κ2) is 2.90. The normalized spacial score (nSPS) is 19.3. The molecule has 0 fully saturated rings. The lowest BCUT2D eigenvalue weighted by molar-refractivity contribution is 0.396. The third-order valence-electron chi connectivity index (χ3n) is 1.67. The van der Waals surface area contributed by atoms with Crippen LogP contribution in [0.25, 0.3) is 0 Å². The Morgan fingerprint density at radius 2 is 2.44 bits per heavy atom. The zero-order valence-corrected chi connectivity index (χ0v) is 6.05. The summed E-state index contributed by atoms with van der Waals surface area (Å²) in [6.07, 6.45) is 2.24. The highest BCUT2D eigenvalue weighted by Gasteiger charge is 2.14. The van der Waals surface area contributed by atoms with Gasteiger partial charge < -0.3 is 4.74 Å². The number of methoxy groups -OCH3 is 1. The zero-order chi connectivity index (χ0) is 6.69. The molecule has 0 radical (unpaired) electrons. The molecule has 0 aromatic heterocycles. The maximum atomic E-state index is 5.01. The maximum Gasteiger partial charge on any atom is 0.175 e. The molecule has 0 spiro atoms. The summed E-state index contributed by atoms with van der Waals surface area (Å²) in [5, 5.41) is 0. The van der Waals surface area contributed by atoms with Gasteiger partial charge >= 0.3 is 0 Å². The second-order valence-corrected chi connectivity index (χ2v) is 2.58. The average Bonchev–Trinajstić information content (AvgIpc) is 1.88. The lowest BCUT2D eigenvalue weighted by Gasteiger charge is -2.13. The van der Waals surface area contributed by atoms with Crippen LogP contribution in [0.2, 0.25) is 19.5 Å². The van der Waals surface area contributed by atoms with E-state index in [1.54, 1.807) is 7.11 Å². The molecule has 1 rings (SSSR count). The van der Waals surface area contributed by atoms with E-state index in [9.17, 15) is 0 Å². The Hall–Kier alpha value is -0.465. The van der Waals surface area contributed by atoms with Crippen molar-refractivity contribution in [3.05, 3.63) is 0 Å². The molecule has 0 aliphatic carbocycles. The molecule has 1 aliphatic heterocycles. The van der Waals surface area contributed by atoms with E-state index >= 15 is 0 Å². The van der Waals surface area contributed by atoms with E-state index in [2.05, 4.69) is 11.8 Å². The van der Waals surface area contributed by atoms with Crippen molar-refractivity contribution in [3.8, 4) is 0 Å². The number of aliphatic imine (C=N–C) groups is 1. The molecule has 0 saturated heterocycles. The van der Waals surface area contributed by atoms with Gasteiger partial charge in [0, 0.05) is 12.9 Å². The van der Waals surface area contributed by atoms with Gasteiger partial charge in [-0.15, -0.1) is 0 Å². The number of hydrogen-bond acceptors (Lipinski definition) is 2. The zero-order valence-electron chi connectivity index (χ0n) is 6.05. The summed E-state index contributed by atoms with van der Waals surface area (Å²) in [7, 11) is 1.69. The first-order chi connectivity index (χ1) is 4.33. The molecule has 0 aromatic carbocycles. The fourth-order valence-corrected chi connectivity index (χ4v) is 1.02. The van der Waals surface area contributed by atoms with E-state index in [0.29, 0.717) is 0 Å². The monoisotopic (exact) mass is 125 g/mol. The largest absolute Gasteiger partial charge is 0.485 e. The van der Waals surface area contributed by atoms with Crippen molar-refractivity contribution in [3.63, 3.8) is 0 Å². The maximum absolute atomic E-state index is 5.01. The lowest BCUT2D eigenvalue weighted by atomic mass is 9.46. The summed E-state index contributed by atoms with van der Waals surface area (Å²) in [6, 6.07) is 0. The van der Waals surface area contributed by atoms with Crippen LogP contribution in [-0.4, -0.2) is 26.3 Å². The molecule has 0 atom stereocenters. The van der Waals surface area contributed by atoms with Gasteiger partial charge in [-0.1, -0.05) is 13.1 Å². The smallest absolute Gasteiger partial charge is 0.175 e. The average molecular weight is 125 g/mol. The van der Waals surface area contributed by atoms with Crippen molar-refractivity contribution >= 4 is 12.6 Å². The molecule has 2 nitrogen and oxygen atoms in total. The van der Waals surface area contributed by atoms with Gasteiger partial charge in [0.25, 0.3) is 0 Å². The molecular formula is C6H12BNO. The molecule has 0 amide bonds. The number of nitrogens with zero attached hydrogens (tertiary/aromatic N) is 1. The minimum atomic E-state index is 0.762. The Labute approximate surface area is 56.4 Å². The van der Waals surface area contributed by atoms with E-state index < -0.39 is 0 Å². The van der Waals surface area contributed by atoms with Crippen molar-refractivity contribution in [2.45, 2.75) is 19.5 Å². The highest BCUT2D eigenvalue weighted by Crippen LogP contribution is 2.08. The first-order valence-electron chi connectivity index (χ1n) is 3.40. The second-order valence-electron chi connectivity index (χ2n) is 2.58. The Morgan fingerprint density at radius 3 is 2.89 bits per heavy atom. The standard InChI is InChI=1S/C6H12BNO/c1-7-3-4-8-6(5-7)9-2/h3-5H2,1-2H3. The fourth-order valence-electron chi connectivity index (χ4n) is 1.02. The molecule has 0 aromatic rings. The molecule has 0 unspecified atom stereocenters. The van der Waals surface area contributed by atoms with Crippen LogP contribution in [0.4, 0.5) is 0 Å². The summed E-state index contributed by atoms with van der Waals surface area (Å²) in [4.78, 5) is 4.19. The van der Waals surface area contributed by atoms with Crippen LogP contribution in [0, 0.1) is 0 Å². The Kier molecular flexibility index (Phi) is 2.14.